The van der Waals surface area contributed by atoms with Crippen LogP contribution in [0.4, 0.5) is 5.69 Å². The van der Waals surface area contributed by atoms with Crippen molar-refractivity contribution in [2.75, 3.05) is 37.8 Å². The number of benzene rings is 3. The first-order valence-electron chi connectivity index (χ1n) is 13.1. The number of ether oxygens (including phenoxy) is 1. The standard InChI is InChI=1S/C30H30N4O4S/c1-19-15-33(34(18-35)21-7-9-26-27(13-21)24-5-3-4-6-25(24)30(26)37)12-11-32(19)16-22(36)17-38-23-8-10-29-28(14-23)31-20(2)39-29/h3-10,13-14,18-19,22,36H,11-12,15-17H2,1-2H3/t19-,22+/m0/s1. The molecule has 6 rings (SSSR count). The van der Waals surface area contributed by atoms with Gasteiger partial charge < -0.3 is 9.84 Å². The van der Waals surface area contributed by atoms with Crippen molar-refractivity contribution in [3.05, 3.63) is 76.8 Å². The number of hydrogen-bond donors (Lipinski definition) is 1. The van der Waals surface area contributed by atoms with Gasteiger partial charge in [-0.3, -0.25) is 14.5 Å². The number of aliphatic hydroxyl groups is 1. The van der Waals surface area contributed by atoms with Crippen molar-refractivity contribution in [1.29, 1.82) is 0 Å². The zero-order chi connectivity index (χ0) is 27.1. The Morgan fingerprint density at radius 3 is 2.69 bits per heavy atom. The Balaban J connectivity index is 1.07. The molecule has 1 amide bonds. The number of aliphatic hydroxyl groups excluding tert-OH is 1. The van der Waals surface area contributed by atoms with Crippen molar-refractivity contribution in [3.8, 4) is 16.9 Å². The number of fused-ring (bicyclic) bond motifs is 4. The maximum absolute atomic E-state index is 12.8. The third kappa shape index (κ3) is 4.94. The van der Waals surface area contributed by atoms with Gasteiger partial charge in [0.15, 0.2) is 5.78 Å². The smallest absolute Gasteiger partial charge is 0.228 e. The third-order valence-electron chi connectivity index (χ3n) is 7.48. The van der Waals surface area contributed by atoms with Crippen LogP contribution in [0.5, 0.6) is 5.75 Å². The summed E-state index contributed by atoms with van der Waals surface area (Å²) in [5, 5.41) is 15.4. The second kappa shape index (κ2) is 10.5. The van der Waals surface area contributed by atoms with E-state index in [-0.39, 0.29) is 18.4 Å². The molecule has 2 atom stereocenters. The minimum atomic E-state index is -0.650. The fraction of sp³-hybridized carbons (Fsp3) is 0.300. The summed E-state index contributed by atoms with van der Waals surface area (Å²) in [6, 6.07) is 19.1. The molecule has 0 radical (unpaired) electrons. The highest BCUT2D eigenvalue weighted by molar-refractivity contribution is 7.18. The fourth-order valence-corrected chi connectivity index (χ4v) is 6.33. The molecule has 200 valence electrons. The maximum Gasteiger partial charge on any atom is 0.228 e. The molecule has 1 aliphatic carbocycles. The summed E-state index contributed by atoms with van der Waals surface area (Å²) in [4.78, 5) is 31.7. The lowest BCUT2D eigenvalue weighted by Crippen LogP contribution is -2.58. The predicted molar refractivity (Wildman–Crippen MR) is 152 cm³/mol. The van der Waals surface area contributed by atoms with Gasteiger partial charge in [0.2, 0.25) is 6.41 Å². The molecular formula is C30H30N4O4S. The predicted octanol–water partition coefficient (Wildman–Crippen LogP) is 4.14. The number of thiazole rings is 1. The molecule has 2 aliphatic rings. The van der Waals surface area contributed by atoms with Crippen LogP contribution in [-0.2, 0) is 4.79 Å². The number of hydrogen-bond acceptors (Lipinski definition) is 8. The van der Waals surface area contributed by atoms with Crippen molar-refractivity contribution in [2.45, 2.75) is 26.0 Å². The Morgan fingerprint density at radius 1 is 1.10 bits per heavy atom. The number of carbonyl (C=O) groups is 2. The molecule has 9 heteroatoms. The van der Waals surface area contributed by atoms with E-state index in [1.807, 2.05) is 72.6 Å². The van der Waals surface area contributed by atoms with Gasteiger partial charge in [0.25, 0.3) is 0 Å². The van der Waals surface area contributed by atoms with Crippen molar-refractivity contribution < 1.29 is 19.4 Å². The molecule has 3 aromatic carbocycles. The molecule has 1 N–H and O–H groups in total. The number of rotatable bonds is 8. The van der Waals surface area contributed by atoms with E-state index in [0.717, 1.165) is 38.4 Å². The number of carbonyl (C=O) groups excluding carboxylic acids is 2. The van der Waals surface area contributed by atoms with Gasteiger partial charge in [-0.05, 0) is 55.3 Å². The quantitative estimate of drug-likeness (QED) is 0.295. The number of amides is 1. The van der Waals surface area contributed by atoms with E-state index in [1.54, 1.807) is 16.3 Å². The topological polar surface area (TPSA) is 86.2 Å². The van der Waals surface area contributed by atoms with Gasteiger partial charge in [-0.1, -0.05) is 24.3 Å². The average molecular weight is 543 g/mol. The molecule has 0 saturated carbocycles. The van der Waals surface area contributed by atoms with E-state index < -0.39 is 6.10 Å². The van der Waals surface area contributed by atoms with Crippen LogP contribution in [0, 0.1) is 6.92 Å². The molecule has 0 unspecified atom stereocenters. The summed E-state index contributed by atoms with van der Waals surface area (Å²) in [5.74, 6) is 0.721. The van der Waals surface area contributed by atoms with Crippen LogP contribution in [0.3, 0.4) is 0 Å². The molecule has 1 fully saturated rings. The first-order valence-corrected chi connectivity index (χ1v) is 13.9. The summed E-state index contributed by atoms with van der Waals surface area (Å²) in [5.41, 5.74) is 4.77. The largest absolute Gasteiger partial charge is 0.491 e. The van der Waals surface area contributed by atoms with E-state index in [1.165, 1.54) is 0 Å². The number of hydrazine groups is 1. The maximum atomic E-state index is 12.8. The number of aryl methyl sites for hydroxylation is 1. The second-order valence-electron chi connectivity index (χ2n) is 10.1. The van der Waals surface area contributed by atoms with Crippen LogP contribution >= 0.6 is 11.3 Å². The SMILES string of the molecule is Cc1nc2cc(OC[C@H](O)CN3CCN(N(C=O)c4ccc5c(c4)-c4ccccc4C5=O)C[C@@H]3C)ccc2s1. The highest BCUT2D eigenvalue weighted by atomic mass is 32.1. The normalized spacial score (nSPS) is 18.1. The number of ketones is 1. The van der Waals surface area contributed by atoms with Gasteiger partial charge >= 0.3 is 0 Å². The van der Waals surface area contributed by atoms with E-state index in [9.17, 15) is 14.7 Å². The highest BCUT2D eigenvalue weighted by Gasteiger charge is 2.31. The summed E-state index contributed by atoms with van der Waals surface area (Å²) < 4.78 is 6.98. The summed E-state index contributed by atoms with van der Waals surface area (Å²) in [6.45, 7) is 6.69. The lowest BCUT2D eigenvalue weighted by atomic mass is 10.1. The zero-order valence-electron chi connectivity index (χ0n) is 21.9. The van der Waals surface area contributed by atoms with Gasteiger partial charge in [0.1, 0.15) is 18.5 Å². The molecule has 0 bridgehead atoms. The van der Waals surface area contributed by atoms with Crippen molar-refractivity contribution >= 4 is 39.4 Å². The average Bonchev–Trinajstić information content (AvgIpc) is 3.45. The van der Waals surface area contributed by atoms with Crippen LogP contribution in [0.15, 0.2) is 60.7 Å². The summed E-state index contributed by atoms with van der Waals surface area (Å²) in [7, 11) is 0. The Hall–Kier alpha value is -3.63. The monoisotopic (exact) mass is 542 g/mol. The lowest BCUT2D eigenvalue weighted by molar-refractivity contribution is -0.111. The molecule has 1 aliphatic heterocycles. The molecule has 2 heterocycles. The van der Waals surface area contributed by atoms with Crippen LogP contribution in [-0.4, -0.2) is 77.1 Å². The van der Waals surface area contributed by atoms with Crippen LogP contribution in [0.2, 0.25) is 0 Å². The number of nitrogens with zero attached hydrogens (tertiary/aromatic N) is 4. The molecular weight excluding hydrogens is 512 g/mol. The van der Waals surface area contributed by atoms with Gasteiger partial charge in [0.05, 0.1) is 20.9 Å². The number of piperazine rings is 1. The highest BCUT2D eigenvalue weighted by Crippen LogP contribution is 2.38. The number of anilines is 1. The van der Waals surface area contributed by atoms with Gasteiger partial charge in [-0.2, -0.15) is 0 Å². The zero-order valence-corrected chi connectivity index (χ0v) is 22.7. The number of aromatic nitrogens is 1. The minimum absolute atomic E-state index is 0.0216. The Bertz CT molecular complexity index is 1550. The first kappa shape index (κ1) is 25.6. The van der Waals surface area contributed by atoms with Crippen LogP contribution in [0.25, 0.3) is 21.3 Å². The lowest BCUT2D eigenvalue weighted by Gasteiger charge is -2.43. The van der Waals surface area contributed by atoms with E-state index >= 15 is 0 Å². The first-order chi connectivity index (χ1) is 18.9. The van der Waals surface area contributed by atoms with Crippen molar-refractivity contribution in [3.63, 3.8) is 0 Å². The minimum Gasteiger partial charge on any atom is -0.491 e. The van der Waals surface area contributed by atoms with E-state index in [0.29, 0.717) is 43.1 Å². The summed E-state index contributed by atoms with van der Waals surface area (Å²) >= 11 is 1.65. The van der Waals surface area contributed by atoms with Crippen LogP contribution < -0.4 is 9.75 Å². The number of β-amino-alcohol motifs (C(OH)–C–C–N with tert-alkyl or cyclic N) is 1. The van der Waals surface area contributed by atoms with E-state index in [4.69, 9.17) is 4.74 Å². The fourth-order valence-electron chi connectivity index (χ4n) is 5.52. The molecule has 1 saturated heterocycles. The van der Waals surface area contributed by atoms with Gasteiger partial charge in [-0.25, -0.2) is 15.0 Å². The van der Waals surface area contributed by atoms with Crippen molar-refractivity contribution in [2.24, 2.45) is 0 Å². The van der Waals surface area contributed by atoms with Gasteiger partial charge in [-0.15, -0.1) is 11.3 Å². The molecule has 1 aromatic heterocycles. The van der Waals surface area contributed by atoms with E-state index in [2.05, 4.69) is 16.8 Å². The molecule has 39 heavy (non-hydrogen) atoms. The Kier molecular flexibility index (Phi) is 6.90. The second-order valence-corrected chi connectivity index (χ2v) is 11.4. The molecule has 4 aromatic rings. The molecule has 0 spiro atoms. The van der Waals surface area contributed by atoms with Crippen molar-refractivity contribution in [1.82, 2.24) is 14.9 Å². The summed E-state index contributed by atoms with van der Waals surface area (Å²) in [6.07, 6.45) is 0.180. The third-order valence-corrected chi connectivity index (χ3v) is 8.43. The Morgan fingerprint density at radius 2 is 1.90 bits per heavy atom. The van der Waals surface area contributed by atoms with Gasteiger partial charge in [0, 0.05) is 49.4 Å². The molecule has 8 nitrogen and oxygen atoms in total. The van der Waals surface area contributed by atoms with Crippen LogP contribution in [0.1, 0.15) is 27.9 Å². The Labute approximate surface area is 231 Å².